The van der Waals surface area contributed by atoms with Crippen molar-refractivity contribution in [2.24, 2.45) is 5.92 Å². The van der Waals surface area contributed by atoms with Gasteiger partial charge in [0.2, 0.25) is 5.91 Å². The summed E-state index contributed by atoms with van der Waals surface area (Å²) in [5, 5.41) is 13.8. The number of amides is 1. The third-order valence-corrected chi connectivity index (χ3v) is 7.67. The van der Waals surface area contributed by atoms with Crippen molar-refractivity contribution < 1.29 is 4.79 Å². The number of carbonyl (C=O) groups excluding carboxylic acids is 1. The molecule has 1 amide bonds. The Morgan fingerprint density at radius 2 is 2.00 bits per heavy atom. The number of hydrogen-bond donors (Lipinski definition) is 1. The SMILES string of the molecule is Cc1sc2nc(SCC(=O)NC(C)(C#N)C(C)C)n(-c3ccc(Cl)cc3)c(=O)c2c1C. The van der Waals surface area contributed by atoms with Gasteiger partial charge in [0, 0.05) is 9.90 Å². The normalized spacial score (nSPS) is 13.2. The van der Waals surface area contributed by atoms with Gasteiger partial charge in [0.25, 0.3) is 5.56 Å². The molecule has 0 fully saturated rings. The van der Waals surface area contributed by atoms with Crippen LogP contribution in [-0.2, 0) is 4.79 Å². The van der Waals surface area contributed by atoms with Crippen LogP contribution in [0.25, 0.3) is 15.9 Å². The number of nitriles is 1. The summed E-state index contributed by atoms with van der Waals surface area (Å²) in [6.45, 7) is 9.34. The van der Waals surface area contributed by atoms with Gasteiger partial charge in [-0.15, -0.1) is 11.3 Å². The Labute approximate surface area is 194 Å². The van der Waals surface area contributed by atoms with Crippen molar-refractivity contribution in [3.05, 3.63) is 50.1 Å². The van der Waals surface area contributed by atoms with E-state index < -0.39 is 5.54 Å². The van der Waals surface area contributed by atoms with E-state index in [1.165, 1.54) is 27.7 Å². The van der Waals surface area contributed by atoms with Crippen LogP contribution in [0.1, 0.15) is 31.2 Å². The first-order valence-corrected chi connectivity index (χ1v) is 11.9. The van der Waals surface area contributed by atoms with E-state index in [1.807, 2.05) is 27.7 Å². The molecule has 0 bridgehead atoms. The summed E-state index contributed by atoms with van der Waals surface area (Å²) >= 11 is 8.65. The Kier molecular flexibility index (Phi) is 6.79. The summed E-state index contributed by atoms with van der Waals surface area (Å²) in [6.07, 6.45) is 0. The summed E-state index contributed by atoms with van der Waals surface area (Å²) in [5.41, 5.74) is 0.392. The highest BCUT2D eigenvalue weighted by Crippen LogP contribution is 2.30. The van der Waals surface area contributed by atoms with Gasteiger partial charge in [-0.1, -0.05) is 37.2 Å². The lowest BCUT2D eigenvalue weighted by atomic mass is 9.90. The van der Waals surface area contributed by atoms with Crippen molar-refractivity contribution in [3.8, 4) is 11.8 Å². The van der Waals surface area contributed by atoms with Gasteiger partial charge < -0.3 is 5.32 Å². The number of nitrogens with zero attached hydrogens (tertiary/aromatic N) is 3. The summed E-state index contributed by atoms with van der Waals surface area (Å²) in [6, 6.07) is 9.09. The number of fused-ring (bicyclic) bond motifs is 1. The number of thioether (sulfide) groups is 1. The Balaban J connectivity index is 2.02. The van der Waals surface area contributed by atoms with Crippen LogP contribution in [0.2, 0.25) is 5.02 Å². The molecule has 6 nitrogen and oxygen atoms in total. The molecule has 31 heavy (non-hydrogen) atoms. The van der Waals surface area contributed by atoms with Crippen molar-refractivity contribution in [2.45, 2.75) is 45.3 Å². The van der Waals surface area contributed by atoms with Crippen LogP contribution < -0.4 is 10.9 Å². The third kappa shape index (κ3) is 4.64. The van der Waals surface area contributed by atoms with Gasteiger partial charge in [0.1, 0.15) is 10.4 Å². The van der Waals surface area contributed by atoms with Crippen molar-refractivity contribution in [1.29, 1.82) is 5.26 Å². The summed E-state index contributed by atoms with van der Waals surface area (Å²) in [7, 11) is 0. The zero-order valence-electron chi connectivity index (χ0n) is 17.9. The van der Waals surface area contributed by atoms with E-state index >= 15 is 0 Å². The first-order valence-electron chi connectivity index (χ1n) is 9.71. The van der Waals surface area contributed by atoms with E-state index in [1.54, 1.807) is 31.2 Å². The molecular formula is C22H23ClN4O2S2. The first kappa shape index (κ1) is 23.3. The molecule has 2 heterocycles. The minimum atomic E-state index is -0.965. The summed E-state index contributed by atoms with van der Waals surface area (Å²) < 4.78 is 1.52. The van der Waals surface area contributed by atoms with Crippen LogP contribution in [0, 0.1) is 31.1 Å². The number of carbonyl (C=O) groups is 1. The predicted molar refractivity (Wildman–Crippen MR) is 127 cm³/mol. The lowest BCUT2D eigenvalue weighted by Gasteiger charge is -2.27. The van der Waals surface area contributed by atoms with Crippen molar-refractivity contribution in [3.63, 3.8) is 0 Å². The van der Waals surface area contributed by atoms with E-state index in [-0.39, 0.29) is 23.1 Å². The average Bonchev–Trinajstić information content (AvgIpc) is 3.01. The number of nitrogens with one attached hydrogen (secondary N) is 1. The van der Waals surface area contributed by atoms with E-state index in [2.05, 4.69) is 11.4 Å². The second-order valence-electron chi connectivity index (χ2n) is 7.78. The molecular weight excluding hydrogens is 452 g/mol. The van der Waals surface area contributed by atoms with E-state index in [0.717, 1.165) is 10.4 Å². The van der Waals surface area contributed by atoms with Crippen LogP contribution in [0.15, 0.2) is 34.2 Å². The number of hydrogen-bond acceptors (Lipinski definition) is 6. The molecule has 0 saturated heterocycles. The monoisotopic (exact) mass is 474 g/mol. The minimum Gasteiger partial charge on any atom is -0.337 e. The van der Waals surface area contributed by atoms with Crippen LogP contribution in [0.3, 0.4) is 0 Å². The fraction of sp³-hybridized carbons (Fsp3) is 0.364. The maximum Gasteiger partial charge on any atom is 0.267 e. The topological polar surface area (TPSA) is 87.8 Å². The van der Waals surface area contributed by atoms with E-state index in [0.29, 0.717) is 26.1 Å². The average molecular weight is 475 g/mol. The molecule has 0 aliphatic heterocycles. The van der Waals surface area contributed by atoms with Crippen LogP contribution in [0.4, 0.5) is 0 Å². The molecule has 0 radical (unpaired) electrons. The Morgan fingerprint density at radius 1 is 1.35 bits per heavy atom. The van der Waals surface area contributed by atoms with Gasteiger partial charge >= 0.3 is 0 Å². The van der Waals surface area contributed by atoms with Crippen molar-refractivity contribution in [1.82, 2.24) is 14.9 Å². The second-order valence-corrected chi connectivity index (χ2v) is 10.4. The quantitative estimate of drug-likeness (QED) is 0.407. The third-order valence-electron chi connectivity index (χ3n) is 5.38. The molecule has 162 valence electrons. The smallest absolute Gasteiger partial charge is 0.267 e. The Morgan fingerprint density at radius 3 is 2.58 bits per heavy atom. The zero-order valence-corrected chi connectivity index (χ0v) is 20.3. The lowest BCUT2D eigenvalue weighted by Crippen LogP contribution is -2.49. The highest BCUT2D eigenvalue weighted by atomic mass is 35.5. The maximum absolute atomic E-state index is 13.4. The standard InChI is InChI=1S/C22H23ClN4O2S2/c1-12(2)22(5,11-24)26-17(28)10-30-21-25-19-18(13(3)14(4)31-19)20(29)27(21)16-8-6-15(23)7-9-16/h6-9,12H,10H2,1-5H3,(H,26,28). The molecule has 0 spiro atoms. The number of thiophene rings is 1. The lowest BCUT2D eigenvalue weighted by molar-refractivity contribution is -0.120. The van der Waals surface area contributed by atoms with Crippen LogP contribution in [-0.4, -0.2) is 26.8 Å². The van der Waals surface area contributed by atoms with Gasteiger partial charge in [-0.2, -0.15) is 5.26 Å². The van der Waals surface area contributed by atoms with Gasteiger partial charge in [0.05, 0.1) is 22.9 Å². The Hall–Kier alpha value is -2.34. The molecule has 2 aromatic heterocycles. The fourth-order valence-corrected chi connectivity index (χ4v) is 4.96. The van der Waals surface area contributed by atoms with Gasteiger partial charge in [-0.3, -0.25) is 14.2 Å². The molecule has 1 atom stereocenters. The van der Waals surface area contributed by atoms with Gasteiger partial charge in [-0.05, 0) is 56.5 Å². The number of aryl methyl sites for hydroxylation is 2. The number of halogens is 1. The van der Waals surface area contributed by atoms with Crippen LogP contribution >= 0.6 is 34.7 Å². The molecule has 0 saturated carbocycles. The molecule has 3 rings (SSSR count). The van der Waals surface area contributed by atoms with E-state index in [9.17, 15) is 14.9 Å². The molecule has 9 heteroatoms. The van der Waals surface area contributed by atoms with Gasteiger partial charge in [0.15, 0.2) is 5.16 Å². The summed E-state index contributed by atoms with van der Waals surface area (Å²) in [4.78, 5) is 32.4. The second kappa shape index (κ2) is 9.03. The minimum absolute atomic E-state index is 0.0267. The molecule has 0 aliphatic carbocycles. The zero-order chi connectivity index (χ0) is 22.9. The molecule has 1 aromatic carbocycles. The Bertz CT molecular complexity index is 1240. The highest BCUT2D eigenvalue weighted by molar-refractivity contribution is 7.99. The van der Waals surface area contributed by atoms with Crippen LogP contribution in [0.5, 0.6) is 0 Å². The molecule has 1 unspecified atom stereocenters. The molecule has 0 aliphatic rings. The predicted octanol–water partition coefficient (Wildman–Crippen LogP) is 4.86. The number of rotatable bonds is 6. The fourth-order valence-electron chi connectivity index (χ4n) is 2.95. The number of aromatic nitrogens is 2. The van der Waals surface area contributed by atoms with Gasteiger partial charge in [-0.25, -0.2) is 4.98 Å². The van der Waals surface area contributed by atoms with Crippen molar-refractivity contribution >= 4 is 50.8 Å². The molecule has 1 N–H and O–H groups in total. The highest BCUT2D eigenvalue weighted by Gasteiger charge is 2.30. The van der Waals surface area contributed by atoms with Crippen molar-refractivity contribution in [2.75, 3.05) is 5.75 Å². The largest absolute Gasteiger partial charge is 0.337 e. The van der Waals surface area contributed by atoms with E-state index in [4.69, 9.17) is 16.6 Å². The number of benzene rings is 1. The summed E-state index contributed by atoms with van der Waals surface area (Å²) in [5.74, 6) is -0.317. The molecule has 3 aromatic rings. The maximum atomic E-state index is 13.4. The first-order chi connectivity index (χ1) is 14.6.